The Morgan fingerprint density at radius 2 is 2.40 bits per heavy atom. The van der Waals surface area contributed by atoms with E-state index in [4.69, 9.17) is 4.52 Å². The van der Waals surface area contributed by atoms with Gasteiger partial charge in [-0.2, -0.15) is 11.8 Å². The summed E-state index contributed by atoms with van der Waals surface area (Å²) in [6.45, 7) is 4.43. The normalized spacial score (nSPS) is 22.5. The highest BCUT2D eigenvalue weighted by Crippen LogP contribution is 2.28. The van der Waals surface area contributed by atoms with E-state index in [1.807, 2.05) is 24.8 Å². The second-order valence-electron chi connectivity index (χ2n) is 5.20. The van der Waals surface area contributed by atoms with Crippen molar-refractivity contribution in [3.05, 3.63) is 17.5 Å². The Bertz CT molecular complexity index is 434. The molecule has 20 heavy (non-hydrogen) atoms. The van der Waals surface area contributed by atoms with E-state index in [1.165, 1.54) is 12.8 Å². The van der Waals surface area contributed by atoms with Crippen LogP contribution in [0.1, 0.15) is 44.1 Å². The molecule has 0 radical (unpaired) electrons. The van der Waals surface area contributed by atoms with Gasteiger partial charge in [0.25, 0.3) is 0 Å². The molecule has 2 atom stereocenters. The van der Waals surface area contributed by atoms with Crippen LogP contribution in [0.15, 0.2) is 10.6 Å². The molecule has 1 saturated carbocycles. The summed E-state index contributed by atoms with van der Waals surface area (Å²) >= 11 is 2.00. The third-order valence-corrected chi connectivity index (χ3v) is 4.70. The van der Waals surface area contributed by atoms with E-state index >= 15 is 0 Å². The van der Waals surface area contributed by atoms with Crippen molar-refractivity contribution in [1.29, 1.82) is 0 Å². The van der Waals surface area contributed by atoms with Crippen LogP contribution in [0.25, 0.3) is 0 Å². The molecule has 1 aliphatic carbocycles. The summed E-state index contributed by atoms with van der Waals surface area (Å²) in [7, 11) is 0. The number of aromatic nitrogens is 1. The number of thioether (sulfide) groups is 1. The molecule has 1 fully saturated rings. The number of carbonyl (C=O) groups is 1. The second-order valence-corrected chi connectivity index (χ2v) is 6.77. The third kappa shape index (κ3) is 4.74. The Kier molecular flexibility index (Phi) is 5.76. The molecule has 1 aromatic rings. The van der Waals surface area contributed by atoms with Crippen LogP contribution in [0.3, 0.4) is 0 Å². The van der Waals surface area contributed by atoms with Gasteiger partial charge in [-0.25, -0.2) is 4.79 Å². The lowest BCUT2D eigenvalue weighted by Crippen LogP contribution is -2.44. The lowest BCUT2D eigenvalue weighted by Gasteiger charge is -2.29. The smallest absolute Gasteiger partial charge is 0.315 e. The van der Waals surface area contributed by atoms with Gasteiger partial charge in [0.1, 0.15) is 11.5 Å². The summed E-state index contributed by atoms with van der Waals surface area (Å²) in [4.78, 5) is 11.9. The highest BCUT2D eigenvalue weighted by molar-refractivity contribution is 7.99. The molecular weight excluding hydrogens is 274 g/mol. The van der Waals surface area contributed by atoms with E-state index < -0.39 is 0 Å². The minimum absolute atomic E-state index is 0.113. The van der Waals surface area contributed by atoms with Crippen LogP contribution in [0.4, 0.5) is 4.79 Å². The van der Waals surface area contributed by atoms with Crippen LogP contribution in [-0.2, 0) is 6.54 Å². The first-order valence-electron chi connectivity index (χ1n) is 7.25. The predicted molar refractivity (Wildman–Crippen MR) is 80.8 cm³/mol. The van der Waals surface area contributed by atoms with Crippen LogP contribution in [0.5, 0.6) is 0 Å². The number of nitrogens with zero attached hydrogens (tertiary/aromatic N) is 1. The van der Waals surface area contributed by atoms with Crippen molar-refractivity contribution in [3.8, 4) is 0 Å². The number of hydrogen-bond acceptors (Lipinski definition) is 4. The van der Waals surface area contributed by atoms with Crippen LogP contribution in [-0.4, -0.2) is 28.2 Å². The predicted octanol–water partition coefficient (Wildman–Crippen LogP) is 2.85. The zero-order valence-electron chi connectivity index (χ0n) is 12.1. The van der Waals surface area contributed by atoms with Gasteiger partial charge in [0.2, 0.25) is 0 Å². The molecule has 1 aliphatic rings. The first kappa shape index (κ1) is 15.2. The molecule has 1 heterocycles. The van der Waals surface area contributed by atoms with Crippen molar-refractivity contribution in [2.75, 3.05) is 5.75 Å². The van der Waals surface area contributed by atoms with Gasteiger partial charge in [-0.05, 0) is 31.9 Å². The standard InChI is InChI=1S/C14H23N3O2S/c1-3-20-13-6-4-5-11(8-13)16-14(18)15-9-12-7-10(2)19-17-12/h7,11,13H,3-6,8-9H2,1-2H3,(H2,15,16,18)/t11-,13+/m0/s1. The summed E-state index contributed by atoms with van der Waals surface area (Å²) in [6.07, 6.45) is 4.63. The third-order valence-electron chi connectivity index (χ3n) is 3.47. The second kappa shape index (κ2) is 7.57. The van der Waals surface area contributed by atoms with Gasteiger partial charge in [0, 0.05) is 17.4 Å². The van der Waals surface area contributed by atoms with Crippen molar-refractivity contribution in [2.24, 2.45) is 0 Å². The van der Waals surface area contributed by atoms with Gasteiger partial charge >= 0.3 is 6.03 Å². The molecule has 2 N–H and O–H groups in total. The van der Waals surface area contributed by atoms with Crippen molar-refractivity contribution in [3.63, 3.8) is 0 Å². The molecule has 1 aromatic heterocycles. The van der Waals surface area contributed by atoms with E-state index in [9.17, 15) is 4.79 Å². The van der Waals surface area contributed by atoms with Crippen LogP contribution in [0, 0.1) is 6.92 Å². The van der Waals surface area contributed by atoms with Gasteiger partial charge in [0.15, 0.2) is 0 Å². The average Bonchev–Trinajstić information content (AvgIpc) is 2.83. The molecule has 0 aliphatic heterocycles. The fourth-order valence-electron chi connectivity index (χ4n) is 2.57. The summed E-state index contributed by atoms with van der Waals surface area (Å²) in [6, 6.07) is 2.01. The summed E-state index contributed by atoms with van der Waals surface area (Å²) < 4.78 is 4.96. The number of nitrogens with one attached hydrogen (secondary N) is 2. The lowest BCUT2D eigenvalue weighted by molar-refractivity contribution is 0.232. The van der Waals surface area contributed by atoms with Crippen molar-refractivity contribution in [2.45, 2.75) is 57.4 Å². The topological polar surface area (TPSA) is 67.2 Å². The number of aryl methyl sites for hydroxylation is 1. The van der Waals surface area contributed by atoms with Gasteiger partial charge in [0.05, 0.1) is 6.54 Å². The highest BCUT2D eigenvalue weighted by Gasteiger charge is 2.23. The number of carbonyl (C=O) groups excluding carboxylic acids is 1. The van der Waals surface area contributed by atoms with Crippen molar-refractivity contribution >= 4 is 17.8 Å². The van der Waals surface area contributed by atoms with Gasteiger partial charge in [-0.1, -0.05) is 18.5 Å². The molecule has 0 bridgehead atoms. The number of hydrogen-bond donors (Lipinski definition) is 2. The summed E-state index contributed by atoms with van der Waals surface area (Å²) in [5, 5.41) is 10.4. The van der Waals surface area contributed by atoms with Gasteiger partial charge in [-0.15, -0.1) is 0 Å². The maximum atomic E-state index is 11.9. The Labute approximate surface area is 124 Å². The minimum atomic E-state index is -0.113. The van der Waals surface area contributed by atoms with Crippen LogP contribution >= 0.6 is 11.8 Å². The van der Waals surface area contributed by atoms with Crippen LogP contribution < -0.4 is 10.6 Å². The Morgan fingerprint density at radius 1 is 1.55 bits per heavy atom. The monoisotopic (exact) mass is 297 g/mol. The van der Waals surface area contributed by atoms with E-state index in [1.54, 1.807) is 0 Å². The first-order chi connectivity index (χ1) is 9.67. The molecule has 6 heteroatoms. The molecule has 5 nitrogen and oxygen atoms in total. The van der Waals surface area contributed by atoms with Crippen molar-refractivity contribution in [1.82, 2.24) is 15.8 Å². The maximum Gasteiger partial charge on any atom is 0.315 e. The SMILES string of the molecule is CCS[C@@H]1CCC[C@H](NC(=O)NCc2cc(C)on2)C1. The largest absolute Gasteiger partial charge is 0.361 e. The molecule has 0 aromatic carbocycles. The molecule has 0 spiro atoms. The Balaban J connectivity index is 1.71. The molecule has 112 valence electrons. The maximum absolute atomic E-state index is 11.9. The average molecular weight is 297 g/mol. The fourth-order valence-corrected chi connectivity index (χ4v) is 3.74. The molecule has 0 saturated heterocycles. The molecule has 2 amide bonds. The van der Waals surface area contributed by atoms with E-state index in [-0.39, 0.29) is 6.03 Å². The molecule has 2 rings (SSSR count). The number of amides is 2. The Hall–Kier alpha value is -1.17. The molecular formula is C14H23N3O2S. The van der Waals surface area contributed by atoms with Crippen LogP contribution in [0.2, 0.25) is 0 Å². The summed E-state index contributed by atoms with van der Waals surface area (Å²) in [5.41, 5.74) is 0.751. The van der Waals surface area contributed by atoms with Gasteiger partial charge in [-0.3, -0.25) is 0 Å². The van der Waals surface area contributed by atoms with Gasteiger partial charge < -0.3 is 15.2 Å². The van der Waals surface area contributed by atoms with E-state index in [2.05, 4.69) is 22.7 Å². The first-order valence-corrected chi connectivity index (χ1v) is 8.30. The summed E-state index contributed by atoms with van der Waals surface area (Å²) in [5.74, 6) is 1.91. The molecule has 0 unspecified atom stereocenters. The number of rotatable bonds is 5. The fraction of sp³-hybridized carbons (Fsp3) is 0.714. The highest BCUT2D eigenvalue weighted by atomic mass is 32.2. The zero-order chi connectivity index (χ0) is 14.4. The van der Waals surface area contributed by atoms with Crippen molar-refractivity contribution < 1.29 is 9.32 Å². The lowest BCUT2D eigenvalue weighted by atomic mass is 9.95. The van der Waals surface area contributed by atoms with E-state index in [0.717, 1.165) is 30.0 Å². The van der Waals surface area contributed by atoms with E-state index in [0.29, 0.717) is 17.8 Å². The Morgan fingerprint density at radius 3 is 3.10 bits per heavy atom. The zero-order valence-corrected chi connectivity index (χ0v) is 13.0. The quantitative estimate of drug-likeness (QED) is 0.877. The number of urea groups is 1. The minimum Gasteiger partial charge on any atom is -0.361 e.